The van der Waals surface area contributed by atoms with Gasteiger partial charge in [0.2, 0.25) is 0 Å². The number of rotatable bonds is 3. The summed E-state index contributed by atoms with van der Waals surface area (Å²) < 4.78 is 0. The molecule has 0 saturated carbocycles. The molecule has 3 heteroatoms. The van der Waals surface area contributed by atoms with E-state index in [1.54, 1.807) is 17.6 Å². The molecule has 110 valence electrons. The largest absolute Gasteiger partial charge is 0.245 e. The Morgan fingerprint density at radius 2 is 2.14 bits per heavy atom. The lowest BCUT2D eigenvalue weighted by molar-refractivity contribution is 0.507. The van der Waals surface area contributed by atoms with Crippen LogP contribution in [-0.4, -0.2) is 6.21 Å². The number of nitrogens with zero attached hydrogens (tertiary/aromatic N) is 2. The van der Waals surface area contributed by atoms with Crippen molar-refractivity contribution in [3.8, 4) is 6.07 Å². The van der Waals surface area contributed by atoms with Crippen molar-refractivity contribution in [2.75, 3.05) is 0 Å². The van der Waals surface area contributed by atoms with Crippen molar-refractivity contribution < 1.29 is 0 Å². The van der Waals surface area contributed by atoms with Crippen molar-refractivity contribution in [3.05, 3.63) is 58.0 Å². The summed E-state index contributed by atoms with van der Waals surface area (Å²) in [4.78, 5) is 5.86. The molecule has 0 N–H and O–H groups in total. The number of benzene rings is 1. The van der Waals surface area contributed by atoms with Crippen molar-refractivity contribution in [3.63, 3.8) is 0 Å². The van der Waals surface area contributed by atoms with Crippen LogP contribution in [0.25, 0.3) is 6.08 Å². The fourth-order valence-corrected chi connectivity index (χ4v) is 4.08. The normalized spacial score (nSPS) is 17.7. The molecule has 0 bridgehead atoms. The molecule has 0 radical (unpaired) electrons. The highest BCUT2D eigenvalue weighted by Gasteiger charge is 2.23. The third kappa shape index (κ3) is 3.18. The molecule has 0 spiro atoms. The minimum absolute atomic E-state index is 0.715. The Hall–Kier alpha value is -2.18. The maximum Gasteiger partial charge on any atom is 0.134 e. The number of nitriles is 1. The van der Waals surface area contributed by atoms with Crippen molar-refractivity contribution >= 4 is 28.6 Å². The molecule has 1 unspecified atom stereocenters. The Bertz CT molecular complexity index is 748. The van der Waals surface area contributed by atoms with Gasteiger partial charge in [0.1, 0.15) is 11.1 Å². The molecule has 1 heterocycles. The summed E-state index contributed by atoms with van der Waals surface area (Å²) in [6.07, 6.45) is 9.02. The zero-order valence-corrected chi connectivity index (χ0v) is 13.4. The van der Waals surface area contributed by atoms with E-state index in [-0.39, 0.29) is 0 Å². The zero-order valence-electron chi connectivity index (χ0n) is 12.6. The number of allylic oxidation sites excluding steroid dienone is 1. The Labute approximate surface area is 135 Å². The third-order valence-electron chi connectivity index (χ3n) is 3.97. The summed E-state index contributed by atoms with van der Waals surface area (Å²) in [5.74, 6) is 0.715. The smallest absolute Gasteiger partial charge is 0.134 e. The van der Waals surface area contributed by atoms with E-state index >= 15 is 0 Å². The van der Waals surface area contributed by atoms with Gasteiger partial charge in [-0.1, -0.05) is 43.3 Å². The molecule has 0 aliphatic heterocycles. The van der Waals surface area contributed by atoms with Crippen molar-refractivity contribution in [1.29, 1.82) is 5.26 Å². The quantitative estimate of drug-likeness (QED) is 0.721. The first-order chi connectivity index (χ1) is 10.8. The van der Waals surface area contributed by atoms with Gasteiger partial charge < -0.3 is 0 Å². The Balaban J connectivity index is 1.79. The number of aliphatic imine (C=N–C) groups is 1. The van der Waals surface area contributed by atoms with Crippen LogP contribution in [0.3, 0.4) is 0 Å². The number of fused-ring (bicyclic) bond motifs is 1. The highest BCUT2D eigenvalue weighted by Crippen LogP contribution is 2.40. The first-order valence-electron chi connectivity index (χ1n) is 7.58. The van der Waals surface area contributed by atoms with Gasteiger partial charge >= 0.3 is 0 Å². The molecule has 1 aromatic heterocycles. The van der Waals surface area contributed by atoms with E-state index in [0.717, 1.165) is 29.0 Å². The third-order valence-corrected chi connectivity index (χ3v) is 5.13. The number of hydrogen-bond acceptors (Lipinski definition) is 3. The SMILES string of the molecule is CC1CCc2c(sc(N=C/C=C/c3ccccc3)c2C#N)C1. The standard InChI is InChI=1S/C19H18N2S/c1-14-9-10-16-17(13-20)19(22-18(16)12-14)21-11-5-8-15-6-3-2-4-7-15/h2-8,11,14H,9-10,12H2,1H3/b8-5+,21-11?. The molecule has 1 aliphatic rings. The molecule has 2 aromatic rings. The van der Waals surface area contributed by atoms with Crippen LogP contribution < -0.4 is 0 Å². The zero-order chi connectivity index (χ0) is 15.4. The molecule has 3 rings (SSSR count). The van der Waals surface area contributed by atoms with Gasteiger partial charge in [-0.25, -0.2) is 4.99 Å². The van der Waals surface area contributed by atoms with Crippen molar-refractivity contribution in [2.24, 2.45) is 10.9 Å². The molecular formula is C19H18N2S. The average Bonchev–Trinajstić information content (AvgIpc) is 2.89. The monoisotopic (exact) mass is 306 g/mol. The molecule has 22 heavy (non-hydrogen) atoms. The van der Waals surface area contributed by atoms with Gasteiger partial charge in [0.25, 0.3) is 0 Å². The van der Waals surface area contributed by atoms with Crippen LogP contribution in [0.1, 0.15) is 34.9 Å². The van der Waals surface area contributed by atoms with E-state index < -0.39 is 0 Å². The van der Waals surface area contributed by atoms with E-state index in [1.165, 1.54) is 16.9 Å². The van der Waals surface area contributed by atoms with Crippen LogP contribution in [0.5, 0.6) is 0 Å². The highest BCUT2D eigenvalue weighted by molar-refractivity contribution is 7.16. The van der Waals surface area contributed by atoms with Crippen LogP contribution in [0.15, 0.2) is 41.4 Å². The summed E-state index contributed by atoms with van der Waals surface area (Å²) in [6, 6.07) is 12.5. The summed E-state index contributed by atoms with van der Waals surface area (Å²) >= 11 is 1.68. The van der Waals surface area contributed by atoms with Crippen LogP contribution in [0.4, 0.5) is 5.00 Å². The topological polar surface area (TPSA) is 36.1 Å². The maximum atomic E-state index is 9.43. The average molecular weight is 306 g/mol. The van der Waals surface area contributed by atoms with Crippen molar-refractivity contribution in [2.45, 2.75) is 26.2 Å². The first-order valence-corrected chi connectivity index (χ1v) is 8.40. The Morgan fingerprint density at radius 3 is 2.91 bits per heavy atom. The van der Waals surface area contributed by atoms with E-state index in [1.807, 2.05) is 30.4 Å². The van der Waals surface area contributed by atoms with Crippen LogP contribution in [0.2, 0.25) is 0 Å². The molecule has 0 saturated heterocycles. The predicted molar refractivity (Wildman–Crippen MR) is 93.9 cm³/mol. The Kier molecular flexibility index (Phi) is 4.50. The predicted octanol–water partition coefficient (Wildman–Crippen LogP) is 5.16. The van der Waals surface area contributed by atoms with Gasteiger partial charge in [0.15, 0.2) is 0 Å². The van der Waals surface area contributed by atoms with E-state index in [0.29, 0.717) is 5.92 Å². The second-order valence-electron chi connectivity index (χ2n) is 5.69. The van der Waals surface area contributed by atoms with Crippen LogP contribution >= 0.6 is 11.3 Å². The minimum atomic E-state index is 0.715. The van der Waals surface area contributed by atoms with Gasteiger partial charge in [0, 0.05) is 11.1 Å². The number of thiophene rings is 1. The fourth-order valence-electron chi connectivity index (χ4n) is 2.77. The lowest BCUT2D eigenvalue weighted by Gasteiger charge is -2.17. The highest BCUT2D eigenvalue weighted by atomic mass is 32.1. The number of hydrogen-bond donors (Lipinski definition) is 0. The molecule has 2 nitrogen and oxygen atoms in total. The molecule has 0 amide bonds. The Morgan fingerprint density at radius 1 is 1.32 bits per heavy atom. The van der Waals surface area contributed by atoms with Gasteiger partial charge in [-0.2, -0.15) is 5.26 Å². The van der Waals surface area contributed by atoms with E-state index in [4.69, 9.17) is 0 Å². The lowest BCUT2D eigenvalue weighted by atomic mass is 9.89. The molecular weight excluding hydrogens is 288 g/mol. The lowest BCUT2D eigenvalue weighted by Crippen LogP contribution is -2.09. The van der Waals surface area contributed by atoms with Crippen LogP contribution in [0, 0.1) is 17.2 Å². The summed E-state index contributed by atoms with van der Waals surface area (Å²) in [5.41, 5.74) is 3.18. The van der Waals surface area contributed by atoms with Crippen LogP contribution in [-0.2, 0) is 12.8 Å². The van der Waals surface area contributed by atoms with Gasteiger partial charge in [0.05, 0.1) is 5.56 Å². The summed E-state index contributed by atoms with van der Waals surface area (Å²) in [7, 11) is 0. The second-order valence-corrected chi connectivity index (χ2v) is 6.78. The molecule has 0 fully saturated rings. The van der Waals surface area contributed by atoms with Gasteiger partial charge in [-0.3, -0.25) is 0 Å². The summed E-state index contributed by atoms with van der Waals surface area (Å²) in [6.45, 7) is 2.28. The fraction of sp³-hybridized carbons (Fsp3) is 0.263. The summed E-state index contributed by atoms with van der Waals surface area (Å²) in [5, 5.41) is 10.3. The van der Waals surface area contributed by atoms with Gasteiger partial charge in [-0.05, 0) is 42.4 Å². The second kappa shape index (κ2) is 6.72. The minimum Gasteiger partial charge on any atom is -0.245 e. The first kappa shape index (κ1) is 14.7. The van der Waals surface area contributed by atoms with E-state index in [2.05, 4.69) is 30.1 Å². The molecule has 1 aliphatic carbocycles. The van der Waals surface area contributed by atoms with Gasteiger partial charge in [-0.15, -0.1) is 11.3 Å². The molecule has 1 atom stereocenters. The van der Waals surface area contributed by atoms with E-state index in [9.17, 15) is 5.26 Å². The van der Waals surface area contributed by atoms with Crippen molar-refractivity contribution in [1.82, 2.24) is 0 Å². The molecule has 1 aromatic carbocycles. The maximum absolute atomic E-state index is 9.43.